The predicted molar refractivity (Wildman–Crippen MR) is 126 cm³/mol. The molecule has 1 saturated carbocycles. The Bertz CT molecular complexity index is 832. The molecule has 0 spiro atoms. The monoisotopic (exact) mass is 405 g/mol. The van der Waals surface area contributed by atoms with Gasteiger partial charge in [0.15, 0.2) is 5.78 Å². The second-order valence-corrected chi connectivity index (χ2v) is 6.65. The summed E-state index contributed by atoms with van der Waals surface area (Å²) in [5.41, 5.74) is 2.67. The Morgan fingerprint density at radius 1 is 0.833 bits per heavy atom. The van der Waals surface area contributed by atoms with Crippen LogP contribution in [0.3, 0.4) is 0 Å². The molecule has 0 unspecified atom stereocenters. The summed E-state index contributed by atoms with van der Waals surface area (Å²) in [4.78, 5) is 22.9. The summed E-state index contributed by atoms with van der Waals surface area (Å²) in [5.74, 6) is 0.272. The Balaban J connectivity index is 0.000000294. The van der Waals surface area contributed by atoms with Gasteiger partial charge >= 0.3 is 0 Å². The van der Waals surface area contributed by atoms with Crippen LogP contribution in [0.15, 0.2) is 84.6 Å². The lowest BCUT2D eigenvalue weighted by Gasteiger charge is -2.16. The largest absolute Gasteiger partial charge is 0.329 e. The van der Waals surface area contributed by atoms with Crippen LogP contribution in [0, 0.1) is 0 Å². The number of hydrogen-bond acceptors (Lipinski definition) is 2. The molecule has 30 heavy (non-hydrogen) atoms. The van der Waals surface area contributed by atoms with E-state index in [2.05, 4.69) is 11.4 Å². The van der Waals surface area contributed by atoms with Gasteiger partial charge in [-0.25, -0.2) is 0 Å². The fourth-order valence-electron chi connectivity index (χ4n) is 3.01. The molecule has 3 heteroatoms. The van der Waals surface area contributed by atoms with E-state index >= 15 is 0 Å². The standard InChI is InChI=1S/C15H15NO.C8H8O.2C2H6/c17-14(16-13-8-4-5-9-13)15(10-11-15)12-6-2-1-3-7-12;1-7(9)8-5-3-2-4-6-8;2*1-2/h1-8H,9-11H2,(H,16,17);2-6H,1H3;2*1-2H3. The van der Waals surface area contributed by atoms with Crippen LogP contribution >= 0.6 is 0 Å². The number of amides is 1. The molecular formula is C27H35NO2. The number of Topliss-reactive ketones (excluding diaryl/α,β-unsaturated/α-hetero) is 1. The molecule has 3 nitrogen and oxygen atoms in total. The van der Waals surface area contributed by atoms with Crippen LogP contribution in [-0.4, -0.2) is 11.7 Å². The first-order valence-corrected chi connectivity index (χ1v) is 10.9. The van der Waals surface area contributed by atoms with Gasteiger partial charge in [-0.2, -0.15) is 0 Å². The molecule has 1 fully saturated rings. The van der Waals surface area contributed by atoms with Crippen LogP contribution in [-0.2, 0) is 10.2 Å². The van der Waals surface area contributed by atoms with E-state index in [1.165, 1.54) is 0 Å². The summed E-state index contributed by atoms with van der Waals surface area (Å²) in [6.45, 7) is 9.56. The van der Waals surface area contributed by atoms with Gasteiger partial charge in [0.25, 0.3) is 0 Å². The van der Waals surface area contributed by atoms with Crippen LogP contribution in [0.5, 0.6) is 0 Å². The molecule has 1 N–H and O–H groups in total. The highest BCUT2D eigenvalue weighted by Crippen LogP contribution is 2.48. The third kappa shape index (κ3) is 7.14. The van der Waals surface area contributed by atoms with Crippen molar-refractivity contribution in [2.24, 2.45) is 0 Å². The number of nitrogens with one attached hydrogen (secondary N) is 1. The lowest BCUT2D eigenvalue weighted by atomic mass is 9.95. The van der Waals surface area contributed by atoms with E-state index < -0.39 is 0 Å². The van der Waals surface area contributed by atoms with Crippen LogP contribution in [0.25, 0.3) is 0 Å². The fraction of sp³-hybridized carbons (Fsp3) is 0.333. The van der Waals surface area contributed by atoms with E-state index in [4.69, 9.17) is 0 Å². The van der Waals surface area contributed by atoms with Crippen molar-refractivity contribution in [2.75, 3.05) is 0 Å². The molecule has 0 saturated heterocycles. The smallest absolute Gasteiger partial charge is 0.234 e. The van der Waals surface area contributed by atoms with Crippen molar-refractivity contribution in [1.82, 2.24) is 5.32 Å². The molecular weight excluding hydrogens is 370 g/mol. The van der Waals surface area contributed by atoms with Gasteiger partial charge in [-0.15, -0.1) is 0 Å². The number of ketones is 1. The highest BCUT2D eigenvalue weighted by molar-refractivity contribution is 5.94. The molecule has 2 aromatic rings. The van der Waals surface area contributed by atoms with Crippen molar-refractivity contribution >= 4 is 11.7 Å². The Labute approximate surface area is 181 Å². The Morgan fingerprint density at radius 2 is 1.37 bits per heavy atom. The molecule has 0 bridgehead atoms. The normalized spacial score (nSPS) is 14.4. The minimum atomic E-state index is -0.259. The zero-order valence-electron chi connectivity index (χ0n) is 18.9. The van der Waals surface area contributed by atoms with Gasteiger partial charge < -0.3 is 5.32 Å². The van der Waals surface area contributed by atoms with E-state index in [0.29, 0.717) is 0 Å². The summed E-state index contributed by atoms with van der Waals surface area (Å²) < 4.78 is 0. The lowest BCUT2D eigenvalue weighted by molar-refractivity contribution is -0.122. The van der Waals surface area contributed by atoms with Crippen molar-refractivity contribution in [2.45, 2.75) is 59.3 Å². The SMILES string of the molecule is CC.CC.CC(=O)c1ccccc1.O=C(NC1=CC=CC1)C1(c2ccccc2)CC1. The summed E-state index contributed by atoms with van der Waals surface area (Å²) >= 11 is 0. The summed E-state index contributed by atoms with van der Waals surface area (Å²) in [6, 6.07) is 19.3. The van der Waals surface area contributed by atoms with Gasteiger partial charge in [0, 0.05) is 17.7 Å². The van der Waals surface area contributed by atoms with Crippen LogP contribution in [0.4, 0.5) is 0 Å². The van der Waals surface area contributed by atoms with E-state index in [0.717, 1.165) is 36.1 Å². The molecule has 1 amide bonds. The molecule has 0 aromatic heterocycles. The van der Waals surface area contributed by atoms with E-state index in [9.17, 15) is 9.59 Å². The average Bonchev–Trinajstić information content (AvgIpc) is 3.48. The first-order valence-electron chi connectivity index (χ1n) is 10.9. The van der Waals surface area contributed by atoms with Gasteiger partial charge in [0.05, 0.1) is 5.41 Å². The summed E-state index contributed by atoms with van der Waals surface area (Å²) in [5, 5.41) is 3.04. The number of allylic oxidation sites excluding steroid dienone is 3. The number of rotatable bonds is 4. The Hall–Kier alpha value is -2.94. The van der Waals surface area contributed by atoms with Crippen molar-refractivity contribution in [3.8, 4) is 0 Å². The number of hydrogen-bond donors (Lipinski definition) is 1. The van der Waals surface area contributed by atoms with Gasteiger partial charge in [0.2, 0.25) is 5.91 Å². The molecule has 160 valence electrons. The molecule has 2 aromatic carbocycles. The van der Waals surface area contributed by atoms with E-state index in [1.807, 2.05) is 101 Å². The van der Waals surface area contributed by atoms with Gasteiger partial charge in [-0.3, -0.25) is 9.59 Å². The number of carbonyl (C=O) groups excluding carboxylic acids is 2. The van der Waals surface area contributed by atoms with Crippen LogP contribution in [0.2, 0.25) is 0 Å². The maximum absolute atomic E-state index is 12.3. The van der Waals surface area contributed by atoms with Crippen molar-refractivity contribution in [3.05, 3.63) is 95.7 Å². The Morgan fingerprint density at radius 3 is 1.77 bits per heavy atom. The third-order valence-corrected chi connectivity index (χ3v) is 4.74. The molecule has 0 radical (unpaired) electrons. The van der Waals surface area contributed by atoms with E-state index in [-0.39, 0.29) is 17.1 Å². The maximum atomic E-state index is 12.3. The van der Waals surface area contributed by atoms with Crippen molar-refractivity contribution in [1.29, 1.82) is 0 Å². The van der Waals surface area contributed by atoms with Gasteiger partial charge in [0.1, 0.15) is 0 Å². The quantitative estimate of drug-likeness (QED) is 0.581. The third-order valence-electron chi connectivity index (χ3n) is 4.74. The zero-order chi connectivity index (χ0) is 22.4. The fourth-order valence-corrected chi connectivity index (χ4v) is 3.01. The zero-order valence-corrected chi connectivity index (χ0v) is 18.9. The van der Waals surface area contributed by atoms with Gasteiger partial charge in [-0.05, 0) is 31.4 Å². The highest BCUT2D eigenvalue weighted by atomic mass is 16.2. The second kappa shape index (κ2) is 13.3. The van der Waals surface area contributed by atoms with Crippen LogP contribution in [0.1, 0.15) is 69.8 Å². The predicted octanol–water partition coefficient (Wildman–Crippen LogP) is 6.62. The number of carbonyl (C=O) groups is 2. The molecule has 0 aliphatic heterocycles. The summed E-state index contributed by atoms with van der Waals surface area (Å²) in [7, 11) is 0. The minimum Gasteiger partial charge on any atom is -0.329 e. The van der Waals surface area contributed by atoms with Crippen LogP contribution < -0.4 is 5.32 Å². The topological polar surface area (TPSA) is 46.2 Å². The first-order chi connectivity index (χ1) is 14.6. The maximum Gasteiger partial charge on any atom is 0.234 e. The van der Waals surface area contributed by atoms with Crippen molar-refractivity contribution < 1.29 is 9.59 Å². The first kappa shape index (κ1) is 25.1. The van der Waals surface area contributed by atoms with Crippen molar-refractivity contribution in [3.63, 3.8) is 0 Å². The van der Waals surface area contributed by atoms with Gasteiger partial charge in [-0.1, -0.05) is 101 Å². The van der Waals surface area contributed by atoms with E-state index in [1.54, 1.807) is 6.92 Å². The Kier molecular flexibility index (Phi) is 11.1. The molecule has 2 aliphatic rings. The molecule has 4 rings (SSSR count). The summed E-state index contributed by atoms with van der Waals surface area (Å²) in [6.07, 6.45) is 8.78. The lowest BCUT2D eigenvalue weighted by Crippen LogP contribution is -2.33. The number of benzene rings is 2. The highest BCUT2D eigenvalue weighted by Gasteiger charge is 2.51. The second-order valence-electron chi connectivity index (χ2n) is 6.65. The minimum absolute atomic E-state index is 0.121. The molecule has 0 heterocycles. The average molecular weight is 406 g/mol. The molecule has 2 aliphatic carbocycles. The molecule has 0 atom stereocenters.